The summed E-state index contributed by atoms with van der Waals surface area (Å²) in [5.74, 6) is 2.27. The molecular weight excluding hydrogens is 767 g/mol. The van der Waals surface area contributed by atoms with E-state index in [2.05, 4.69) is 86.8 Å². The largest absolute Gasteiger partial charge is 0.497 e. The molecule has 0 aromatic heterocycles. The van der Waals surface area contributed by atoms with Gasteiger partial charge in [0.2, 0.25) is 0 Å². The average Bonchev–Trinajstić information content (AvgIpc) is 4.05. The summed E-state index contributed by atoms with van der Waals surface area (Å²) in [6, 6.07) is 8.08. The molecule has 1 fully saturated rings. The van der Waals surface area contributed by atoms with Crippen molar-refractivity contribution in [1.82, 2.24) is 0 Å². The molecule has 0 radical (unpaired) electrons. The van der Waals surface area contributed by atoms with Crippen LogP contribution in [0.5, 0.6) is 11.5 Å². The van der Waals surface area contributed by atoms with Gasteiger partial charge < -0.3 is 20.1 Å². The summed E-state index contributed by atoms with van der Waals surface area (Å²) in [5.41, 5.74) is 6.46. The van der Waals surface area contributed by atoms with Crippen molar-refractivity contribution in [2.24, 2.45) is 0 Å². The molecule has 3 rings (SSSR count). The normalized spacial score (nSPS) is 13.9. The number of anilines is 2. The van der Waals surface area contributed by atoms with Gasteiger partial charge in [-0.1, -0.05) is 93.4 Å². The number of ether oxygens (including phenoxy) is 2. The van der Waals surface area contributed by atoms with Gasteiger partial charge in [0.05, 0.1) is 51.2 Å². The van der Waals surface area contributed by atoms with E-state index in [0.717, 1.165) is 64.4 Å². The Morgan fingerprint density at radius 2 is 0.915 bits per heavy atom. The zero-order chi connectivity index (χ0) is 44.1. The van der Waals surface area contributed by atoms with Crippen LogP contribution in [0.2, 0.25) is 0 Å². The van der Waals surface area contributed by atoms with E-state index in [1.54, 1.807) is 14.2 Å². The highest BCUT2D eigenvalue weighted by Crippen LogP contribution is 2.79. The minimum atomic E-state index is -1.34. The molecule has 1 atom stereocenters. The van der Waals surface area contributed by atoms with Crippen LogP contribution in [0.15, 0.2) is 24.3 Å². The number of nitrogens with one attached hydrogen (secondary N) is 2. The number of rotatable bonds is 28. The SMILES string of the molecule is CCCCC[P+](CCCC)(CCCC)C(CC)C(=O)Nc1c(C)cc(OC)cc1C.CCCC[P+](CCCC)(CCCC)C1(C(=O)Nc2c(C)cc(OC)cc2C)CC1. The second-order valence-corrected chi connectivity index (χ2v) is 26.7. The summed E-state index contributed by atoms with van der Waals surface area (Å²) in [7, 11) is 0.727. The number of methoxy groups -OCH3 is 2. The number of carbonyl (C=O) groups is 2. The van der Waals surface area contributed by atoms with E-state index in [9.17, 15) is 9.59 Å². The number of benzene rings is 2. The molecular formula is C51H90N2O4P2+2. The smallest absolute Gasteiger partial charge is 0.268 e. The molecule has 1 aliphatic rings. The molecule has 2 aromatic carbocycles. The standard InChI is InChI=1S/C26H46NO2P.C25H42NO2P/c1-8-12-15-18-30(16-13-9-2,17-14-10-3)24(11-4)26(28)27-25-21(5)19-23(29-7)20-22(25)6;1-7-10-15-29(16-11-8-2,17-12-9-3)25(13-14-25)24(27)26-23-20(4)18-22(28-6)19-21(23)5/h19-20,24H,8-18H2,1-7H3;18-19H,7-17H2,1-6H3/p+2. The third kappa shape index (κ3) is 14.7. The Balaban J connectivity index is 0.000000407. The molecule has 2 aromatic rings. The van der Waals surface area contributed by atoms with Crippen LogP contribution in [0, 0.1) is 27.7 Å². The van der Waals surface area contributed by atoms with Crippen LogP contribution in [0.3, 0.4) is 0 Å². The van der Waals surface area contributed by atoms with E-state index < -0.39 is 14.5 Å². The topological polar surface area (TPSA) is 76.7 Å². The third-order valence-corrected chi connectivity index (χ3v) is 24.8. The van der Waals surface area contributed by atoms with Gasteiger partial charge in [0.25, 0.3) is 11.8 Å². The lowest BCUT2D eigenvalue weighted by Gasteiger charge is -2.35. The summed E-state index contributed by atoms with van der Waals surface area (Å²) in [4.78, 5) is 27.5. The Hall–Kier alpha value is -2.16. The minimum Gasteiger partial charge on any atom is -0.497 e. The zero-order valence-corrected chi connectivity index (χ0v) is 42.3. The van der Waals surface area contributed by atoms with Crippen LogP contribution in [0.4, 0.5) is 11.4 Å². The third-order valence-electron chi connectivity index (χ3n) is 13.3. The highest BCUT2D eigenvalue weighted by molar-refractivity contribution is 7.78. The molecule has 0 heterocycles. The summed E-state index contributed by atoms with van der Waals surface area (Å²) in [5, 5.41) is 6.70. The van der Waals surface area contributed by atoms with E-state index in [4.69, 9.17) is 9.47 Å². The van der Waals surface area contributed by atoms with Crippen LogP contribution in [-0.4, -0.2) is 73.8 Å². The van der Waals surface area contributed by atoms with Gasteiger partial charge in [-0.05, 0) is 119 Å². The van der Waals surface area contributed by atoms with Gasteiger partial charge >= 0.3 is 0 Å². The van der Waals surface area contributed by atoms with Crippen molar-refractivity contribution in [2.75, 3.05) is 61.8 Å². The van der Waals surface area contributed by atoms with Crippen LogP contribution >= 0.6 is 14.5 Å². The number of unbranched alkanes of at least 4 members (excludes halogenated alkanes) is 7. The molecule has 6 nitrogen and oxygen atoms in total. The lowest BCUT2D eigenvalue weighted by atomic mass is 10.1. The van der Waals surface area contributed by atoms with Gasteiger partial charge in [-0.25, -0.2) is 0 Å². The highest BCUT2D eigenvalue weighted by atomic mass is 31.2. The maximum absolute atomic E-state index is 13.8. The molecule has 8 heteroatoms. The lowest BCUT2D eigenvalue weighted by Crippen LogP contribution is -2.36. The zero-order valence-electron chi connectivity index (χ0n) is 40.5. The molecule has 0 saturated heterocycles. The first kappa shape index (κ1) is 53.0. The Morgan fingerprint density at radius 1 is 0.559 bits per heavy atom. The van der Waals surface area contributed by atoms with Crippen LogP contribution in [-0.2, 0) is 9.59 Å². The predicted molar refractivity (Wildman–Crippen MR) is 265 cm³/mol. The van der Waals surface area contributed by atoms with E-state index >= 15 is 0 Å². The molecule has 336 valence electrons. The van der Waals surface area contributed by atoms with Gasteiger partial charge in [0, 0.05) is 38.7 Å². The van der Waals surface area contributed by atoms with Crippen molar-refractivity contribution >= 4 is 37.7 Å². The minimum absolute atomic E-state index is 0.0642. The van der Waals surface area contributed by atoms with Gasteiger partial charge in [-0.15, -0.1) is 0 Å². The summed E-state index contributed by atoms with van der Waals surface area (Å²) >= 11 is 0. The molecule has 1 saturated carbocycles. The molecule has 0 bridgehead atoms. The van der Waals surface area contributed by atoms with Crippen molar-refractivity contribution in [2.45, 2.75) is 190 Å². The molecule has 0 aliphatic heterocycles. The van der Waals surface area contributed by atoms with Gasteiger partial charge in [-0.3, -0.25) is 9.59 Å². The second-order valence-electron chi connectivity index (χ2n) is 17.9. The van der Waals surface area contributed by atoms with E-state index in [-0.39, 0.29) is 16.7 Å². The molecule has 2 amide bonds. The van der Waals surface area contributed by atoms with Crippen molar-refractivity contribution < 1.29 is 19.1 Å². The number of amides is 2. The van der Waals surface area contributed by atoms with Crippen LogP contribution in [0.25, 0.3) is 0 Å². The molecule has 59 heavy (non-hydrogen) atoms. The van der Waals surface area contributed by atoms with Crippen LogP contribution < -0.4 is 20.1 Å². The van der Waals surface area contributed by atoms with Crippen molar-refractivity contribution in [3.05, 3.63) is 46.5 Å². The molecule has 1 aliphatic carbocycles. The first-order valence-electron chi connectivity index (χ1n) is 23.9. The lowest BCUT2D eigenvalue weighted by molar-refractivity contribution is -0.117. The Labute approximate surface area is 365 Å². The first-order valence-corrected chi connectivity index (χ1v) is 28.7. The highest BCUT2D eigenvalue weighted by Gasteiger charge is 2.69. The summed E-state index contributed by atoms with van der Waals surface area (Å²) in [6.45, 7) is 24.2. The van der Waals surface area contributed by atoms with Crippen molar-refractivity contribution in [1.29, 1.82) is 0 Å². The fourth-order valence-electron chi connectivity index (χ4n) is 9.56. The van der Waals surface area contributed by atoms with Gasteiger partial charge in [0.1, 0.15) is 17.2 Å². The Morgan fingerprint density at radius 3 is 1.25 bits per heavy atom. The number of aryl methyl sites for hydroxylation is 4. The maximum Gasteiger partial charge on any atom is 0.268 e. The van der Waals surface area contributed by atoms with Gasteiger partial charge in [0.15, 0.2) is 5.16 Å². The van der Waals surface area contributed by atoms with E-state index in [1.807, 2.05) is 24.3 Å². The van der Waals surface area contributed by atoms with E-state index in [1.165, 1.54) is 120 Å². The second kappa shape index (κ2) is 27.0. The van der Waals surface area contributed by atoms with Gasteiger partial charge in [-0.2, -0.15) is 0 Å². The fraction of sp³-hybridized carbons (Fsp3) is 0.725. The molecule has 2 N–H and O–H groups in total. The maximum atomic E-state index is 13.8. The monoisotopic (exact) mass is 857 g/mol. The molecule has 1 unspecified atom stereocenters. The van der Waals surface area contributed by atoms with Crippen LogP contribution in [0.1, 0.15) is 173 Å². The van der Waals surface area contributed by atoms with E-state index in [0.29, 0.717) is 5.91 Å². The van der Waals surface area contributed by atoms with Crippen molar-refractivity contribution in [3.63, 3.8) is 0 Å². The Bertz CT molecular complexity index is 1480. The quantitative estimate of drug-likeness (QED) is 0.0660. The first-order chi connectivity index (χ1) is 28.3. The number of carbonyl (C=O) groups excluding carboxylic acids is 2. The number of hydrogen-bond acceptors (Lipinski definition) is 4. The Kier molecular flexibility index (Phi) is 24.3. The summed E-state index contributed by atoms with van der Waals surface area (Å²) < 4.78 is 10.8. The van der Waals surface area contributed by atoms with Crippen molar-refractivity contribution in [3.8, 4) is 11.5 Å². The summed E-state index contributed by atoms with van der Waals surface area (Å²) in [6.07, 6.45) is 27.2. The predicted octanol–water partition coefficient (Wildman–Crippen LogP) is 15.0. The average molecular weight is 857 g/mol. The number of hydrogen-bond donors (Lipinski definition) is 2. The fourth-order valence-corrected chi connectivity index (χ4v) is 21.5. The molecule has 0 spiro atoms.